The van der Waals surface area contributed by atoms with Crippen LogP contribution in [0.25, 0.3) is 0 Å². The van der Waals surface area contributed by atoms with E-state index in [2.05, 4.69) is 12.2 Å². The van der Waals surface area contributed by atoms with Crippen LogP contribution in [0, 0.1) is 5.92 Å². The monoisotopic (exact) mass is 298 g/mol. The van der Waals surface area contributed by atoms with Crippen molar-refractivity contribution in [3.05, 3.63) is 0 Å². The topological polar surface area (TPSA) is 78.9 Å². The number of morpholine rings is 1. The molecule has 6 heteroatoms. The van der Waals surface area contributed by atoms with Gasteiger partial charge in [-0.15, -0.1) is 0 Å². The molecule has 2 N–H and O–H groups in total. The summed E-state index contributed by atoms with van der Waals surface area (Å²) in [7, 11) is 0. The van der Waals surface area contributed by atoms with Crippen LogP contribution >= 0.6 is 0 Å². The third-order valence-electron chi connectivity index (χ3n) is 4.52. The van der Waals surface area contributed by atoms with E-state index in [1.165, 1.54) is 19.3 Å². The molecule has 120 valence electrons. The van der Waals surface area contributed by atoms with Gasteiger partial charge in [0.15, 0.2) is 0 Å². The quantitative estimate of drug-likeness (QED) is 0.830. The molecule has 1 saturated carbocycles. The largest absolute Gasteiger partial charge is 0.481 e. The minimum atomic E-state index is -0.889. The molecule has 2 aliphatic rings. The highest BCUT2D eigenvalue weighted by atomic mass is 16.5. The summed E-state index contributed by atoms with van der Waals surface area (Å²) in [5.41, 5.74) is 0. The van der Waals surface area contributed by atoms with Gasteiger partial charge in [0, 0.05) is 19.1 Å². The molecule has 6 nitrogen and oxygen atoms in total. The standard InChI is InChI=1S/C15H26N2O4/c1-2-11-4-3-5-12(8-11)16-15(20)17-6-7-21-13(10-17)9-14(18)19/h11-13H,2-10H2,1H3,(H,16,20)(H,18,19). The van der Waals surface area contributed by atoms with Crippen LogP contribution in [-0.2, 0) is 9.53 Å². The Kier molecular flexibility index (Phi) is 5.85. The van der Waals surface area contributed by atoms with E-state index < -0.39 is 12.1 Å². The molecule has 0 aromatic heterocycles. The van der Waals surface area contributed by atoms with Crippen molar-refractivity contribution in [3.63, 3.8) is 0 Å². The smallest absolute Gasteiger partial charge is 0.317 e. The maximum atomic E-state index is 12.3. The molecule has 1 saturated heterocycles. The summed E-state index contributed by atoms with van der Waals surface area (Å²) in [5, 5.41) is 11.9. The fraction of sp³-hybridized carbons (Fsp3) is 0.867. The molecule has 1 heterocycles. The van der Waals surface area contributed by atoms with Crippen molar-refractivity contribution in [2.24, 2.45) is 5.92 Å². The van der Waals surface area contributed by atoms with Crippen LogP contribution in [0.2, 0.25) is 0 Å². The van der Waals surface area contributed by atoms with Gasteiger partial charge in [-0.05, 0) is 18.8 Å². The van der Waals surface area contributed by atoms with Gasteiger partial charge < -0.3 is 20.1 Å². The van der Waals surface area contributed by atoms with Crippen LogP contribution in [0.3, 0.4) is 0 Å². The molecule has 0 spiro atoms. The van der Waals surface area contributed by atoms with Crippen molar-refractivity contribution < 1.29 is 19.4 Å². The molecule has 2 amide bonds. The summed E-state index contributed by atoms with van der Waals surface area (Å²) in [6.07, 6.45) is 5.28. The van der Waals surface area contributed by atoms with Crippen molar-refractivity contribution in [3.8, 4) is 0 Å². The lowest BCUT2D eigenvalue weighted by Crippen LogP contribution is -2.52. The molecule has 1 aliphatic heterocycles. The minimum Gasteiger partial charge on any atom is -0.481 e. The van der Waals surface area contributed by atoms with E-state index in [-0.39, 0.29) is 18.5 Å². The van der Waals surface area contributed by atoms with Crippen LogP contribution in [-0.4, -0.2) is 53.8 Å². The van der Waals surface area contributed by atoms with Crippen molar-refractivity contribution in [2.75, 3.05) is 19.7 Å². The Morgan fingerprint density at radius 1 is 1.38 bits per heavy atom. The maximum absolute atomic E-state index is 12.3. The average Bonchev–Trinajstić information content (AvgIpc) is 2.47. The SMILES string of the molecule is CCC1CCCC(NC(=O)N2CCOC(CC(=O)O)C2)C1. The normalized spacial score (nSPS) is 30.0. The zero-order chi connectivity index (χ0) is 15.2. The second-order valence-corrected chi connectivity index (χ2v) is 6.12. The van der Waals surface area contributed by atoms with Gasteiger partial charge in [0.1, 0.15) is 0 Å². The average molecular weight is 298 g/mol. The van der Waals surface area contributed by atoms with Gasteiger partial charge in [0.2, 0.25) is 0 Å². The van der Waals surface area contributed by atoms with Gasteiger partial charge in [-0.3, -0.25) is 4.79 Å². The molecular formula is C15H26N2O4. The zero-order valence-corrected chi connectivity index (χ0v) is 12.7. The lowest BCUT2D eigenvalue weighted by atomic mass is 9.84. The van der Waals surface area contributed by atoms with Gasteiger partial charge >= 0.3 is 12.0 Å². The van der Waals surface area contributed by atoms with Gasteiger partial charge in [0.05, 0.1) is 19.1 Å². The summed E-state index contributed by atoms with van der Waals surface area (Å²) >= 11 is 0. The fourth-order valence-corrected chi connectivity index (χ4v) is 3.28. The number of rotatable bonds is 4. The van der Waals surface area contributed by atoms with Gasteiger partial charge in [-0.1, -0.05) is 26.2 Å². The molecule has 2 rings (SSSR count). The van der Waals surface area contributed by atoms with Crippen LogP contribution in [0.5, 0.6) is 0 Å². The number of carbonyl (C=O) groups excluding carboxylic acids is 1. The minimum absolute atomic E-state index is 0.0505. The maximum Gasteiger partial charge on any atom is 0.317 e. The van der Waals surface area contributed by atoms with E-state index in [1.54, 1.807) is 4.90 Å². The predicted octanol–water partition coefficient (Wildman–Crippen LogP) is 1.84. The van der Waals surface area contributed by atoms with Gasteiger partial charge in [0.25, 0.3) is 0 Å². The molecule has 0 aromatic rings. The molecule has 0 aromatic carbocycles. The van der Waals surface area contributed by atoms with E-state index >= 15 is 0 Å². The van der Waals surface area contributed by atoms with E-state index in [4.69, 9.17) is 9.84 Å². The lowest BCUT2D eigenvalue weighted by Gasteiger charge is -2.35. The van der Waals surface area contributed by atoms with Crippen LogP contribution in [0.4, 0.5) is 4.79 Å². The second kappa shape index (κ2) is 7.64. The number of carboxylic acid groups (broad SMARTS) is 1. The second-order valence-electron chi connectivity index (χ2n) is 6.12. The molecule has 0 radical (unpaired) electrons. The number of carboxylic acids is 1. The summed E-state index contributed by atoms with van der Waals surface area (Å²) in [5.74, 6) is -0.172. The number of aliphatic carboxylic acids is 1. The van der Waals surface area contributed by atoms with E-state index in [9.17, 15) is 9.59 Å². The van der Waals surface area contributed by atoms with Gasteiger partial charge in [-0.25, -0.2) is 4.79 Å². The number of nitrogens with one attached hydrogen (secondary N) is 1. The molecule has 3 unspecified atom stereocenters. The number of amides is 2. The van der Waals surface area contributed by atoms with E-state index in [1.807, 2.05) is 0 Å². The number of hydrogen-bond acceptors (Lipinski definition) is 3. The Morgan fingerprint density at radius 3 is 2.90 bits per heavy atom. The summed E-state index contributed by atoms with van der Waals surface area (Å²) < 4.78 is 5.39. The van der Waals surface area contributed by atoms with Crippen molar-refractivity contribution in [1.29, 1.82) is 0 Å². The Balaban J connectivity index is 1.80. The van der Waals surface area contributed by atoms with Crippen LogP contribution in [0.15, 0.2) is 0 Å². The summed E-state index contributed by atoms with van der Waals surface area (Å²) in [4.78, 5) is 24.7. The Hall–Kier alpha value is -1.30. The Bertz CT molecular complexity index is 375. The first kappa shape index (κ1) is 16.1. The van der Waals surface area contributed by atoms with Crippen molar-refractivity contribution in [1.82, 2.24) is 10.2 Å². The Morgan fingerprint density at radius 2 is 2.19 bits per heavy atom. The number of urea groups is 1. The Labute approximate surface area is 125 Å². The molecule has 21 heavy (non-hydrogen) atoms. The summed E-state index contributed by atoms with van der Waals surface area (Å²) in [6.45, 7) is 3.51. The molecule has 3 atom stereocenters. The number of hydrogen-bond donors (Lipinski definition) is 2. The predicted molar refractivity (Wildman–Crippen MR) is 78.1 cm³/mol. The third-order valence-corrected chi connectivity index (χ3v) is 4.52. The molecule has 0 bridgehead atoms. The molecular weight excluding hydrogens is 272 g/mol. The first-order chi connectivity index (χ1) is 10.1. The highest BCUT2D eigenvalue weighted by Crippen LogP contribution is 2.26. The van der Waals surface area contributed by atoms with E-state index in [0.29, 0.717) is 25.6 Å². The third kappa shape index (κ3) is 4.88. The molecule has 1 aliphatic carbocycles. The summed E-state index contributed by atoms with van der Waals surface area (Å²) in [6, 6.07) is 0.187. The lowest BCUT2D eigenvalue weighted by molar-refractivity contribution is -0.141. The van der Waals surface area contributed by atoms with E-state index in [0.717, 1.165) is 12.8 Å². The van der Waals surface area contributed by atoms with Crippen molar-refractivity contribution in [2.45, 2.75) is 57.6 Å². The highest BCUT2D eigenvalue weighted by molar-refractivity contribution is 5.75. The fourth-order valence-electron chi connectivity index (χ4n) is 3.28. The van der Waals surface area contributed by atoms with Gasteiger partial charge in [-0.2, -0.15) is 0 Å². The number of carbonyl (C=O) groups is 2. The van der Waals surface area contributed by atoms with Crippen molar-refractivity contribution >= 4 is 12.0 Å². The van der Waals surface area contributed by atoms with Crippen LogP contribution in [0.1, 0.15) is 45.4 Å². The number of ether oxygens (including phenoxy) is 1. The first-order valence-electron chi connectivity index (χ1n) is 7.97. The first-order valence-corrected chi connectivity index (χ1v) is 7.97. The zero-order valence-electron chi connectivity index (χ0n) is 12.7. The molecule has 2 fully saturated rings. The number of nitrogens with zero attached hydrogens (tertiary/aromatic N) is 1. The highest BCUT2D eigenvalue weighted by Gasteiger charge is 2.28. The van der Waals surface area contributed by atoms with Crippen LogP contribution < -0.4 is 5.32 Å².